The Bertz CT molecular complexity index is 527. The maximum absolute atomic E-state index is 13.3. The minimum absolute atomic E-state index is 0.00717. The Kier molecular flexibility index (Phi) is 5.36. The summed E-state index contributed by atoms with van der Waals surface area (Å²) in [5.41, 5.74) is 5.34. The van der Waals surface area contributed by atoms with Gasteiger partial charge in [0.1, 0.15) is 5.82 Å². The molecule has 1 fully saturated rings. The molecule has 2 rings (SSSR count). The van der Waals surface area contributed by atoms with Crippen LogP contribution in [0.25, 0.3) is 0 Å². The van der Waals surface area contributed by atoms with Crippen LogP contribution < -0.4 is 10.5 Å². The Morgan fingerprint density at radius 1 is 1.38 bits per heavy atom. The highest BCUT2D eigenvalue weighted by Crippen LogP contribution is 2.35. The fourth-order valence-corrected chi connectivity index (χ4v) is 2.94. The van der Waals surface area contributed by atoms with Gasteiger partial charge in [-0.25, -0.2) is 4.39 Å². The summed E-state index contributed by atoms with van der Waals surface area (Å²) in [5, 5.41) is 10.8. The Morgan fingerprint density at radius 3 is 2.67 bits per heavy atom. The maximum atomic E-state index is 13.3. The molecule has 0 radical (unpaired) electrons. The van der Waals surface area contributed by atoms with Gasteiger partial charge in [-0.3, -0.25) is 10.1 Å². The molecule has 1 aromatic carbocycles. The molecular formula is C14H18ClFN2O3. The van der Waals surface area contributed by atoms with Gasteiger partial charge in [-0.1, -0.05) is 24.4 Å². The van der Waals surface area contributed by atoms with Crippen LogP contribution in [0.3, 0.4) is 0 Å². The van der Waals surface area contributed by atoms with Crippen molar-refractivity contribution >= 4 is 17.3 Å². The van der Waals surface area contributed by atoms with Crippen LogP contribution in [-0.2, 0) is 0 Å². The van der Waals surface area contributed by atoms with Crippen LogP contribution in [0, 0.1) is 27.8 Å². The second-order valence-electron chi connectivity index (χ2n) is 5.34. The van der Waals surface area contributed by atoms with E-state index < -0.39 is 16.4 Å². The molecule has 2 N–H and O–H groups in total. The topological polar surface area (TPSA) is 78.4 Å². The predicted molar refractivity (Wildman–Crippen MR) is 78.1 cm³/mol. The Hall–Kier alpha value is -1.40. The molecule has 0 saturated heterocycles. The van der Waals surface area contributed by atoms with Crippen molar-refractivity contribution in [2.24, 2.45) is 17.6 Å². The molecule has 0 heterocycles. The molecule has 21 heavy (non-hydrogen) atoms. The van der Waals surface area contributed by atoms with Crippen LogP contribution in [0.2, 0.25) is 5.02 Å². The SMILES string of the molecule is NCC1CCCCC1COc1cc(Cl)c(F)cc1[N+](=O)[O-]. The van der Waals surface area contributed by atoms with Gasteiger partial charge in [-0.2, -0.15) is 0 Å². The van der Waals surface area contributed by atoms with Crippen LogP contribution in [0.4, 0.5) is 10.1 Å². The average Bonchev–Trinajstić information content (AvgIpc) is 2.48. The molecule has 1 aliphatic carbocycles. The lowest BCUT2D eigenvalue weighted by molar-refractivity contribution is -0.386. The Labute approximate surface area is 127 Å². The molecule has 0 bridgehead atoms. The van der Waals surface area contributed by atoms with E-state index in [1.54, 1.807) is 0 Å². The highest BCUT2D eigenvalue weighted by Gasteiger charge is 2.26. The third-order valence-electron chi connectivity index (χ3n) is 4.02. The van der Waals surface area contributed by atoms with Crippen molar-refractivity contribution in [2.45, 2.75) is 25.7 Å². The summed E-state index contributed by atoms with van der Waals surface area (Å²) in [7, 11) is 0. The molecule has 5 nitrogen and oxygen atoms in total. The number of nitro benzene ring substituents is 1. The lowest BCUT2D eigenvalue weighted by atomic mass is 9.80. The molecule has 0 aliphatic heterocycles. The van der Waals surface area contributed by atoms with Crippen LogP contribution in [0.1, 0.15) is 25.7 Å². The number of hydrogen-bond acceptors (Lipinski definition) is 4. The Balaban J connectivity index is 2.11. The van der Waals surface area contributed by atoms with E-state index in [1.165, 1.54) is 0 Å². The van der Waals surface area contributed by atoms with Gasteiger partial charge in [0.2, 0.25) is 0 Å². The zero-order chi connectivity index (χ0) is 15.4. The summed E-state index contributed by atoms with van der Waals surface area (Å²) in [4.78, 5) is 10.3. The lowest BCUT2D eigenvalue weighted by Crippen LogP contribution is -2.30. The molecule has 1 saturated carbocycles. The number of nitrogens with two attached hydrogens (primary N) is 1. The number of nitrogens with zero attached hydrogens (tertiary/aromatic N) is 1. The van der Waals surface area contributed by atoms with Crippen molar-refractivity contribution in [1.82, 2.24) is 0 Å². The first-order valence-electron chi connectivity index (χ1n) is 6.99. The molecular weight excluding hydrogens is 299 g/mol. The number of ether oxygens (including phenoxy) is 1. The number of hydrogen-bond donors (Lipinski definition) is 1. The maximum Gasteiger partial charge on any atom is 0.313 e. The zero-order valence-electron chi connectivity index (χ0n) is 11.6. The van der Waals surface area contributed by atoms with Gasteiger partial charge in [0.25, 0.3) is 0 Å². The smallest absolute Gasteiger partial charge is 0.313 e. The second-order valence-corrected chi connectivity index (χ2v) is 5.75. The highest BCUT2D eigenvalue weighted by molar-refractivity contribution is 6.31. The second kappa shape index (κ2) is 7.04. The molecule has 1 aromatic rings. The summed E-state index contributed by atoms with van der Waals surface area (Å²) in [5.74, 6) is -0.179. The van der Waals surface area contributed by atoms with Crippen molar-refractivity contribution < 1.29 is 14.1 Å². The third kappa shape index (κ3) is 3.83. The number of rotatable bonds is 5. The van der Waals surface area contributed by atoms with Gasteiger partial charge >= 0.3 is 5.69 Å². The van der Waals surface area contributed by atoms with Crippen molar-refractivity contribution in [2.75, 3.05) is 13.2 Å². The normalized spacial score (nSPS) is 22.0. The largest absolute Gasteiger partial charge is 0.486 e. The number of nitro groups is 1. The van der Waals surface area contributed by atoms with Crippen LogP contribution in [0.5, 0.6) is 5.75 Å². The summed E-state index contributed by atoms with van der Waals surface area (Å²) in [6.07, 6.45) is 4.30. The highest BCUT2D eigenvalue weighted by atomic mass is 35.5. The van der Waals surface area contributed by atoms with Gasteiger partial charge in [0, 0.05) is 6.07 Å². The summed E-state index contributed by atoms with van der Waals surface area (Å²) >= 11 is 5.67. The van der Waals surface area contributed by atoms with Gasteiger partial charge in [0.15, 0.2) is 5.75 Å². The standard InChI is InChI=1S/C14H18ClFN2O3/c15-11-5-14(13(18(19)20)6-12(11)16)21-8-10-4-2-1-3-9(10)7-17/h5-6,9-10H,1-4,7-8,17H2. The molecule has 1 aliphatic rings. The Morgan fingerprint density at radius 2 is 2.05 bits per heavy atom. The van der Waals surface area contributed by atoms with E-state index in [9.17, 15) is 14.5 Å². The minimum Gasteiger partial charge on any atom is -0.486 e. The van der Waals surface area contributed by atoms with Gasteiger partial charge in [-0.05, 0) is 31.2 Å². The average molecular weight is 317 g/mol. The summed E-state index contributed by atoms with van der Waals surface area (Å²) < 4.78 is 18.9. The van der Waals surface area contributed by atoms with E-state index in [0.29, 0.717) is 19.1 Å². The lowest BCUT2D eigenvalue weighted by Gasteiger charge is -2.30. The first kappa shape index (κ1) is 16.0. The van der Waals surface area contributed by atoms with Crippen molar-refractivity contribution in [1.29, 1.82) is 0 Å². The van der Waals surface area contributed by atoms with E-state index in [0.717, 1.165) is 37.8 Å². The molecule has 0 amide bonds. The van der Waals surface area contributed by atoms with Gasteiger partial charge < -0.3 is 10.5 Å². The van der Waals surface area contributed by atoms with E-state index >= 15 is 0 Å². The number of benzene rings is 1. The minimum atomic E-state index is -0.826. The molecule has 7 heteroatoms. The quantitative estimate of drug-likeness (QED) is 0.665. The third-order valence-corrected chi connectivity index (χ3v) is 4.31. The molecule has 2 unspecified atom stereocenters. The van der Waals surface area contributed by atoms with E-state index in [-0.39, 0.29) is 16.7 Å². The van der Waals surface area contributed by atoms with E-state index in [2.05, 4.69) is 0 Å². The monoisotopic (exact) mass is 316 g/mol. The molecule has 2 atom stereocenters. The molecule has 0 spiro atoms. The predicted octanol–water partition coefficient (Wildman–Crippen LogP) is 3.53. The molecule has 0 aromatic heterocycles. The first-order valence-corrected chi connectivity index (χ1v) is 7.37. The molecule has 116 valence electrons. The summed E-state index contributed by atoms with van der Waals surface area (Å²) in [6, 6.07) is 1.95. The number of halogens is 2. The zero-order valence-corrected chi connectivity index (χ0v) is 12.3. The van der Waals surface area contributed by atoms with Crippen LogP contribution in [-0.4, -0.2) is 18.1 Å². The van der Waals surface area contributed by atoms with Crippen LogP contribution >= 0.6 is 11.6 Å². The fourth-order valence-electron chi connectivity index (χ4n) is 2.79. The summed E-state index contributed by atoms with van der Waals surface area (Å²) in [6.45, 7) is 0.922. The van der Waals surface area contributed by atoms with E-state index in [1.807, 2.05) is 0 Å². The fraction of sp³-hybridized carbons (Fsp3) is 0.571. The van der Waals surface area contributed by atoms with E-state index in [4.69, 9.17) is 22.1 Å². The first-order chi connectivity index (χ1) is 10.0. The van der Waals surface area contributed by atoms with Crippen LogP contribution in [0.15, 0.2) is 12.1 Å². The van der Waals surface area contributed by atoms with Crippen molar-refractivity contribution in [3.8, 4) is 5.75 Å². The van der Waals surface area contributed by atoms with Crippen molar-refractivity contribution in [3.63, 3.8) is 0 Å². The van der Waals surface area contributed by atoms with Crippen molar-refractivity contribution in [3.05, 3.63) is 33.1 Å². The van der Waals surface area contributed by atoms with Gasteiger partial charge in [0.05, 0.1) is 22.6 Å². The van der Waals surface area contributed by atoms with Gasteiger partial charge in [-0.15, -0.1) is 0 Å².